The molecule has 0 spiro atoms. The van der Waals surface area contributed by atoms with E-state index >= 15 is 0 Å². The van der Waals surface area contributed by atoms with Gasteiger partial charge in [0.2, 0.25) is 0 Å². The molecule has 332 valence electrons. The van der Waals surface area contributed by atoms with Gasteiger partial charge in [0.15, 0.2) is 0 Å². The molecule has 0 saturated heterocycles. The molecule has 12 rings (SSSR count). The summed E-state index contributed by atoms with van der Waals surface area (Å²) in [5.74, 6) is 0. The summed E-state index contributed by atoms with van der Waals surface area (Å²) in [5, 5.41) is 0. The van der Waals surface area contributed by atoms with E-state index in [9.17, 15) is 0 Å². The normalized spacial score (nSPS) is 15.9. The molecule has 0 bridgehead atoms. The molecule has 1 nitrogen and oxygen atoms in total. The third-order valence-electron chi connectivity index (χ3n) is 16.0. The molecule has 9 aromatic rings. The molecule has 0 aromatic heterocycles. The highest BCUT2D eigenvalue weighted by molar-refractivity contribution is 5.97. The maximum atomic E-state index is 2.59. The van der Waals surface area contributed by atoms with Gasteiger partial charge in [0.05, 0.1) is 11.1 Å². The molecule has 0 radical (unpaired) electrons. The Morgan fingerprint density at radius 3 is 1.50 bits per heavy atom. The van der Waals surface area contributed by atoms with Gasteiger partial charge in [-0.1, -0.05) is 204 Å². The molecule has 0 atom stereocenters. The molecule has 3 aliphatic carbocycles. The van der Waals surface area contributed by atoms with Crippen molar-refractivity contribution in [2.24, 2.45) is 0 Å². The fourth-order valence-electron chi connectivity index (χ4n) is 12.2. The van der Waals surface area contributed by atoms with Gasteiger partial charge in [-0.15, -0.1) is 0 Å². The van der Waals surface area contributed by atoms with Crippen LogP contribution in [-0.4, -0.2) is 0 Å². The topological polar surface area (TPSA) is 3.24 Å². The summed E-state index contributed by atoms with van der Waals surface area (Å²) < 4.78 is 0. The van der Waals surface area contributed by atoms with Crippen LogP contribution in [0.5, 0.6) is 0 Å². The third-order valence-corrected chi connectivity index (χ3v) is 16.0. The number of nitrogens with zero attached hydrogens (tertiary/aromatic N) is 1. The summed E-state index contributed by atoms with van der Waals surface area (Å²) in [7, 11) is 0. The SMILES string of the molecule is CC1(C)CCC(C)(C)c2cc(-c3cc4c(cc3N(c3ccc(-c5ccc(-c6ccccc6)cc5)cc3)c3ccc5c(c3)CCCC5)C(c3ccccc3)(c3ccccc3)c3ccccc3-4)ccc21. The number of hydrogen-bond acceptors (Lipinski definition) is 1. The number of anilines is 3. The Bertz CT molecular complexity index is 3260. The van der Waals surface area contributed by atoms with Crippen molar-refractivity contribution in [2.45, 2.75) is 82.5 Å². The summed E-state index contributed by atoms with van der Waals surface area (Å²) in [6.45, 7) is 9.78. The summed E-state index contributed by atoms with van der Waals surface area (Å²) in [6, 6.07) is 80.7. The highest BCUT2D eigenvalue weighted by Gasteiger charge is 2.47. The largest absolute Gasteiger partial charge is 0.310 e. The van der Waals surface area contributed by atoms with E-state index in [2.05, 4.69) is 245 Å². The van der Waals surface area contributed by atoms with Gasteiger partial charge in [0, 0.05) is 16.9 Å². The van der Waals surface area contributed by atoms with E-state index in [1.165, 1.54) is 126 Å². The zero-order valence-electron chi connectivity index (χ0n) is 39.9. The average Bonchev–Trinajstić information content (AvgIpc) is 3.68. The highest BCUT2D eigenvalue weighted by Crippen LogP contribution is 2.59. The van der Waals surface area contributed by atoms with Crippen LogP contribution in [0.2, 0.25) is 0 Å². The lowest BCUT2D eigenvalue weighted by molar-refractivity contribution is 0.332. The van der Waals surface area contributed by atoms with Gasteiger partial charge in [0.25, 0.3) is 0 Å². The summed E-state index contributed by atoms with van der Waals surface area (Å²) in [6.07, 6.45) is 7.10. The molecule has 1 heteroatoms. The van der Waals surface area contributed by atoms with E-state index in [4.69, 9.17) is 0 Å². The summed E-state index contributed by atoms with van der Waals surface area (Å²) >= 11 is 0. The zero-order chi connectivity index (χ0) is 46.0. The van der Waals surface area contributed by atoms with E-state index in [-0.39, 0.29) is 10.8 Å². The van der Waals surface area contributed by atoms with Crippen molar-refractivity contribution in [2.75, 3.05) is 4.90 Å². The van der Waals surface area contributed by atoms with Crippen molar-refractivity contribution in [3.8, 4) is 44.5 Å². The Balaban J connectivity index is 1.13. The average molecular weight is 878 g/mol. The van der Waals surface area contributed by atoms with E-state index in [0.29, 0.717) is 0 Å². The molecule has 0 N–H and O–H groups in total. The van der Waals surface area contributed by atoms with Crippen LogP contribution in [0, 0.1) is 0 Å². The molecule has 0 saturated carbocycles. The monoisotopic (exact) mass is 877 g/mol. The summed E-state index contributed by atoms with van der Waals surface area (Å²) in [5.41, 5.74) is 24.3. The van der Waals surface area contributed by atoms with E-state index < -0.39 is 5.41 Å². The van der Waals surface area contributed by atoms with E-state index in [1.807, 2.05) is 0 Å². The lowest BCUT2D eigenvalue weighted by Gasteiger charge is -2.42. The first kappa shape index (κ1) is 42.2. The number of rotatable bonds is 8. The fourth-order valence-corrected chi connectivity index (χ4v) is 12.2. The first-order chi connectivity index (χ1) is 33.2. The van der Waals surface area contributed by atoms with Crippen LogP contribution in [0.1, 0.15) is 97.9 Å². The van der Waals surface area contributed by atoms with Crippen LogP contribution in [0.25, 0.3) is 44.5 Å². The number of hydrogen-bond donors (Lipinski definition) is 0. The molecule has 0 heterocycles. The third kappa shape index (κ3) is 6.97. The smallest absolute Gasteiger partial charge is 0.0714 e. The number of fused-ring (bicyclic) bond motifs is 5. The van der Waals surface area contributed by atoms with Crippen molar-refractivity contribution in [3.05, 3.63) is 257 Å². The van der Waals surface area contributed by atoms with Gasteiger partial charge in [-0.3, -0.25) is 0 Å². The van der Waals surface area contributed by atoms with Gasteiger partial charge in [-0.25, -0.2) is 0 Å². The van der Waals surface area contributed by atoms with Crippen molar-refractivity contribution in [1.29, 1.82) is 0 Å². The molecule has 0 fully saturated rings. The molecule has 3 aliphatic rings. The van der Waals surface area contributed by atoms with Gasteiger partial charge in [0.1, 0.15) is 0 Å². The first-order valence-electron chi connectivity index (χ1n) is 24.9. The van der Waals surface area contributed by atoms with Crippen molar-refractivity contribution in [1.82, 2.24) is 0 Å². The first-order valence-corrected chi connectivity index (χ1v) is 24.9. The van der Waals surface area contributed by atoms with Crippen LogP contribution in [0.15, 0.2) is 212 Å². The minimum atomic E-state index is -0.541. The Morgan fingerprint density at radius 1 is 0.338 bits per heavy atom. The quantitative estimate of drug-likeness (QED) is 0.147. The minimum Gasteiger partial charge on any atom is -0.310 e. The lowest BCUT2D eigenvalue weighted by Crippen LogP contribution is -2.33. The Labute approximate surface area is 403 Å². The molecule has 0 aliphatic heterocycles. The van der Waals surface area contributed by atoms with Gasteiger partial charge >= 0.3 is 0 Å². The Hall–Kier alpha value is -7.22. The fraction of sp³-hybridized carbons (Fsp3) is 0.194. The van der Waals surface area contributed by atoms with Crippen LogP contribution in [0.4, 0.5) is 17.1 Å². The second-order valence-electron chi connectivity index (χ2n) is 21.0. The van der Waals surface area contributed by atoms with Gasteiger partial charge in [-0.05, 0) is 169 Å². The Morgan fingerprint density at radius 2 is 0.853 bits per heavy atom. The van der Waals surface area contributed by atoms with Crippen molar-refractivity contribution in [3.63, 3.8) is 0 Å². The maximum absolute atomic E-state index is 2.59. The van der Waals surface area contributed by atoms with Crippen molar-refractivity contribution < 1.29 is 0 Å². The van der Waals surface area contributed by atoms with E-state index in [1.54, 1.807) is 0 Å². The summed E-state index contributed by atoms with van der Waals surface area (Å²) in [4.78, 5) is 2.59. The van der Waals surface area contributed by atoms with Crippen LogP contribution >= 0.6 is 0 Å². The molecule has 0 unspecified atom stereocenters. The standard InChI is InChI=1S/C67H59N/c1-65(2)40-41-66(3,4)63-43-52(35-39-61(63)65)58-44-59-57-26-16-17-27-60(57)67(53-22-10-6-11-23-53,54-24-12-7-13-25-54)62(59)45-64(58)68(56-38-34-47-20-14-15-21-51(47)42-56)55-36-32-50(33-37-55)49-30-28-48(29-31-49)46-18-8-5-9-19-46/h5-13,16-19,22-39,42-45H,14-15,20-21,40-41H2,1-4H3. The molecule has 9 aromatic carbocycles. The molecular weight excluding hydrogens is 819 g/mol. The Kier molecular flexibility index (Phi) is 10.2. The van der Waals surface area contributed by atoms with Gasteiger partial charge in [-0.2, -0.15) is 0 Å². The predicted molar refractivity (Wildman–Crippen MR) is 287 cm³/mol. The van der Waals surface area contributed by atoms with E-state index in [0.717, 1.165) is 18.5 Å². The number of benzene rings is 9. The molecular formula is C67H59N. The molecule has 0 amide bonds. The van der Waals surface area contributed by atoms with Crippen LogP contribution in [0.3, 0.4) is 0 Å². The maximum Gasteiger partial charge on any atom is 0.0714 e. The zero-order valence-corrected chi connectivity index (χ0v) is 39.9. The highest BCUT2D eigenvalue weighted by atomic mass is 15.1. The number of aryl methyl sites for hydroxylation is 2. The van der Waals surface area contributed by atoms with Gasteiger partial charge < -0.3 is 4.90 Å². The second-order valence-corrected chi connectivity index (χ2v) is 21.0. The van der Waals surface area contributed by atoms with Crippen LogP contribution < -0.4 is 4.90 Å². The predicted octanol–water partition coefficient (Wildman–Crippen LogP) is 17.7. The second kappa shape index (κ2) is 16.5. The molecule has 68 heavy (non-hydrogen) atoms. The minimum absolute atomic E-state index is 0.0629. The van der Waals surface area contributed by atoms with Crippen LogP contribution in [-0.2, 0) is 29.1 Å². The lowest BCUT2D eigenvalue weighted by atomic mass is 9.63. The van der Waals surface area contributed by atoms with Crippen molar-refractivity contribution >= 4 is 17.1 Å².